The minimum atomic E-state index is -0.734. The van der Waals surface area contributed by atoms with E-state index in [9.17, 15) is 9.59 Å². The molecular weight excluding hydrogens is 346 g/mol. The third kappa shape index (κ3) is 2.98. The van der Waals surface area contributed by atoms with Gasteiger partial charge in [0, 0.05) is 12.1 Å². The zero-order valence-corrected chi connectivity index (χ0v) is 16.1. The molecule has 0 radical (unpaired) electrons. The normalized spacial score (nSPS) is 32.2. The van der Waals surface area contributed by atoms with Crippen LogP contribution in [0.4, 0.5) is 5.82 Å². The second-order valence-corrected chi connectivity index (χ2v) is 8.03. The Morgan fingerprint density at radius 3 is 3.00 bits per heavy atom. The third-order valence-corrected chi connectivity index (χ3v) is 5.92. The lowest BCUT2D eigenvalue weighted by atomic mass is 9.76. The smallest absolute Gasteiger partial charge is 0.235 e. The van der Waals surface area contributed by atoms with Gasteiger partial charge >= 0.3 is 0 Å². The summed E-state index contributed by atoms with van der Waals surface area (Å²) in [5, 5.41) is 7.06. The van der Waals surface area contributed by atoms with Gasteiger partial charge < -0.3 is 14.6 Å². The van der Waals surface area contributed by atoms with Crippen LogP contribution in [-0.2, 0) is 14.3 Å². The van der Waals surface area contributed by atoms with E-state index in [0.29, 0.717) is 18.1 Å². The molecule has 7 nitrogen and oxygen atoms in total. The molecule has 146 valence electrons. The number of unbranched alkanes of at least 4 members (excludes halogenated alkanes) is 2. The molecule has 0 aromatic carbocycles. The minimum Gasteiger partial charge on any atom is -0.360 e. The number of hydrogen-bond donors (Lipinski definition) is 1. The Kier molecular flexibility index (Phi) is 4.58. The summed E-state index contributed by atoms with van der Waals surface area (Å²) in [6.07, 6.45) is 7.89. The van der Waals surface area contributed by atoms with Crippen LogP contribution in [-0.4, -0.2) is 41.3 Å². The second kappa shape index (κ2) is 6.78. The summed E-state index contributed by atoms with van der Waals surface area (Å²) in [6.45, 7) is 6.34. The van der Waals surface area contributed by atoms with Crippen molar-refractivity contribution >= 4 is 17.6 Å². The lowest BCUT2D eigenvalue weighted by Gasteiger charge is -2.25. The number of nitrogens with one attached hydrogen (secondary N) is 1. The SMILES string of the molecule is CCCCCC(C)NC(=O)C1C2C(=O)N(c3cc(C)on3)CC23C=C[C@H]1O3. The fourth-order valence-corrected chi connectivity index (χ4v) is 4.58. The van der Waals surface area contributed by atoms with Crippen molar-refractivity contribution in [3.63, 3.8) is 0 Å². The van der Waals surface area contributed by atoms with Gasteiger partial charge in [-0.2, -0.15) is 0 Å². The Morgan fingerprint density at radius 2 is 2.30 bits per heavy atom. The summed E-state index contributed by atoms with van der Waals surface area (Å²) in [5.74, 6) is -0.0840. The molecule has 2 amide bonds. The summed E-state index contributed by atoms with van der Waals surface area (Å²) < 4.78 is 11.2. The van der Waals surface area contributed by atoms with Crippen LogP contribution in [0.3, 0.4) is 0 Å². The highest BCUT2D eigenvalue weighted by Crippen LogP contribution is 2.52. The van der Waals surface area contributed by atoms with E-state index in [2.05, 4.69) is 17.4 Å². The van der Waals surface area contributed by atoms with Crippen LogP contribution in [0, 0.1) is 18.8 Å². The molecular formula is C20H27N3O4. The highest BCUT2D eigenvalue weighted by Gasteiger charge is 2.67. The van der Waals surface area contributed by atoms with Crippen molar-refractivity contribution in [3.05, 3.63) is 24.0 Å². The van der Waals surface area contributed by atoms with Gasteiger partial charge in [-0.25, -0.2) is 0 Å². The molecule has 7 heteroatoms. The number of carbonyl (C=O) groups excluding carboxylic acids is 2. The molecule has 4 heterocycles. The van der Waals surface area contributed by atoms with E-state index in [0.717, 1.165) is 25.7 Å². The van der Waals surface area contributed by atoms with Gasteiger partial charge in [0.2, 0.25) is 11.8 Å². The number of aromatic nitrogens is 1. The molecule has 27 heavy (non-hydrogen) atoms. The van der Waals surface area contributed by atoms with Crippen LogP contribution in [0.1, 0.15) is 45.3 Å². The first kappa shape index (κ1) is 18.2. The van der Waals surface area contributed by atoms with Crippen LogP contribution in [0.5, 0.6) is 0 Å². The van der Waals surface area contributed by atoms with Crippen molar-refractivity contribution in [2.45, 2.75) is 64.2 Å². The number of aryl methyl sites for hydroxylation is 1. The van der Waals surface area contributed by atoms with Gasteiger partial charge in [-0.3, -0.25) is 14.5 Å². The van der Waals surface area contributed by atoms with Crippen molar-refractivity contribution in [1.29, 1.82) is 0 Å². The van der Waals surface area contributed by atoms with E-state index < -0.39 is 17.4 Å². The first-order valence-electron chi connectivity index (χ1n) is 9.87. The predicted octanol–water partition coefficient (Wildman–Crippen LogP) is 2.35. The van der Waals surface area contributed by atoms with Gasteiger partial charge in [0.1, 0.15) is 11.4 Å². The Labute approximate surface area is 159 Å². The maximum atomic E-state index is 13.1. The molecule has 1 aromatic heterocycles. The average Bonchev–Trinajstić information content (AvgIpc) is 3.36. The summed E-state index contributed by atoms with van der Waals surface area (Å²) in [5.41, 5.74) is -0.734. The van der Waals surface area contributed by atoms with E-state index in [1.807, 2.05) is 19.1 Å². The standard InChI is InChI=1S/C20H27N3O4/c1-4-5-6-7-12(2)21-18(24)16-14-8-9-20(26-14)11-23(19(25)17(16)20)15-10-13(3)27-22-15/h8-10,12,14,16-17H,4-7,11H2,1-3H3,(H,21,24)/t12?,14-,16?,17?,20?/m1/s1. The van der Waals surface area contributed by atoms with Gasteiger partial charge in [-0.15, -0.1) is 0 Å². The number of anilines is 1. The molecule has 3 aliphatic rings. The van der Waals surface area contributed by atoms with Crippen LogP contribution in [0.25, 0.3) is 0 Å². The topological polar surface area (TPSA) is 84.7 Å². The van der Waals surface area contributed by atoms with Gasteiger partial charge in [-0.05, 0) is 20.3 Å². The molecule has 1 N–H and O–H groups in total. The van der Waals surface area contributed by atoms with Gasteiger partial charge in [-0.1, -0.05) is 43.5 Å². The Hall–Kier alpha value is -2.15. The second-order valence-electron chi connectivity index (χ2n) is 8.03. The van der Waals surface area contributed by atoms with Crippen molar-refractivity contribution in [3.8, 4) is 0 Å². The average molecular weight is 373 g/mol. The maximum absolute atomic E-state index is 13.1. The zero-order chi connectivity index (χ0) is 19.2. The molecule has 0 aliphatic carbocycles. The number of amides is 2. The van der Waals surface area contributed by atoms with Crippen molar-refractivity contribution in [2.75, 3.05) is 11.4 Å². The van der Waals surface area contributed by atoms with Crippen molar-refractivity contribution < 1.29 is 18.8 Å². The number of fused-ring (bicyclic) bond motifs is 1. The van der Waals surface area contributed by atoms with Crippen molar-refractivity contribution in [2.24, 2.45) is 11.8 Å². The number of hydrogen-bond acceptors (Lipinski definition) is 5. The largest absolute Gasteiger partial charge is 0.360 e. The predicted molar refractivity (Wildman–Crippen MR) is 99.1 cm³/mol. The van der Waals surface area contributed by atoms with E-state index in [1.165, 1.54) is 0 Å². The maximum Gasteiger partial charge on any atom is 0.235 e. The molecule has 1 aromatic rings. The molecule has 2 saturated heterocycles. The van der Waals surface area contributed by atoms with Gasteiger partial charge in [0.15, 0.2) is 5.82 Å². The van der Waals surface area contributed by atoms with Crippen LogP contribution in [0.2, 0.25) is 0 Å². The molecule has 2 bridgehead atoms. The molecule has 1 spiro atoms. The van der Waals surface area contributed by atoms with Crippen LogP contribution >= 0.6 is 0 Å². The van der Waals surface area contributed by atoms with E-state index in [-0.39, 0.29) is 24.0 Å². The number of ether oxygens (including phenoxy) is 1. The quantitative estimate of drug-likeness (QED) is 0.586. The molecule has 2 fully saturated rings. The molecule has 3 aliphatic heterocycles. The van der Waals surface area contributed by atoms with Crippen molar-refractivity contribution in [1.82, 2.24) is 10.5 Å². The highest BCUT2D eigenvalue weighted by atomic mass is 16.5. The fraction of sp³-hybridized carbons (Fsp3) is 0.650. The summed E-state index contributed by atoms with van der Waals surface area (Å²) in [7, 11) is 0. The number of nitrogens with zero attached hydrogens (tertiary/aromatic N) is 2. The lowest BCUT2D eigenvalue weighted by Crippen LogP contribution is -2.46. The van der Waals surface area contributed by atoms with Gasteiger partial charge in [0.05, 0.1) is 24.5 Å². The third-order valence-electron chi connectivity index (χ3n) is 5.92. The molecule has 5 atom stereocenters. The summed E-state index contributed by atoms with van der Waals surface area (Å²) in [6, 6.07) is 1.82. The monoisotopic (exact) mass is 373 g/mol. The fourth-order valence-electron chi connectivity index (χ4n) is 4.58. The Balaban J connectivity index is 1.50. The van der Waals surface area contributed by atoms with E-state index >= 15 is 0 Å². The minimum absolute atomic E-state index is 0.0910. The Morgan fingerprint density at radius 1 is 1.48 bits per heavy atom. The van der Waals surface area contributed by atoms with E-state index in [1.54, 1.807) is 17.9 Å². The first-order valence-corrected chi connectivity index (χ1v) is 9.87. The Bertz CT molecular complexity index is 773. The zero-order valence-electron chi connectivity index (χ0n) is 16.1. The molecule has 4 unspecified atom stereocenters. The molecule has 4 rings (SSSR count). The number of rotatable bonds is 7. The van der Waals surface area contributed by atoms with Crippen LogP contribution < -0.4 is 10.2 Å². The first-order chi connectivity index (χ1) is 12.9. The molecule has 0 saturated carbocycles. The number of carbonyl (C=O) groups is 2. The summed E-state index contributed by atoms with van der Waals surface area (Å²) >= 11 is 0. The van der Waals surface area contributed by atoms with E-state index in [4.69, 9.17) is 9.26 Å². The van der Waals surface area contributed by atoms with Crippen LogP contribution in [0.15, 0.2) is 22.7 Å². The van der Waals surface area contributed by atoms with Gasteiger partial charge in [0.25, 0.3) is 0 Å². The summed E-state index contributed by atoms with van der Waals surface area (Å²) in [4.78, 5) is 27.7. The lowest BCUT2D eigenvalue weighted by molar-refractivity contribution is -0.132. The highest BCUT2D eigenvalue weighted by molar-refractivity contribution is 6.02.